The lowest BCUT2D eigenvalue weighted by Crippen LogP contribution is -2.38. The van der Waals surface area contributed by atoms with Gasteiger partial charge in [-0.1, -0.05) is 0 Å². The van der Waals surface area contributed by atoms with Crippen molar-refractivity contribution in [1.82, 2.24) is 10.0 Å². The first-order valence-corrected chi connectivity index (χ1v) is 5.32. The Bertz CT molecular complexity index is 447. The molecule has 1 fully saturated rings. The molecule has 0 spiro atoms. The molecule has 1 saturated heterocycles. The van der Waals surface area contributed by atoms with Crippen molar-refractivity contribution in [3.05, 3.63) is 33.7 Å². The van der Waals surface area contributed by atoms with Crippen LogP contribution in [0.5, 0.6) is 0 Å². The second-order valence-electron chi connectivity index (χ2n) is 3.84. The number of amides is 1. The van der Waals surface area contributed by atoms with Crippen LogP contribution in [-0.2, 0) is 4.84 Å². The van der Waals surface area contributed by atoms with Gasteiger partial charge in [0.05, 0.1) is 6.61 Å². The number of aryl methyl sites for hydroxylation is 1. The standard InChI is InChI=1S/C11H14N2O3/c1-8-6-10(14)9(7-12-8)11(15)13-4-2-3-5-16-13/h6-7H,2-5H2,1H3,(H,12,14). The Hall–Kier alpha value is -1.62. The number of hydroxylamine groups is 2. The number of pyridine rings is 1. The van der Waals surface area contributed by atoms with E-state index in [4.69, 9.17) is 4.84 Å². The van der Waals surface area contributed by atoms with Crippen molar-refractivity contribution < 1.29 is 9.63 Å². The van der Waals surface area contributed by atoms with E-state index in [9.17, 15) is 9.59 Å². The second-order valence-corrected chi connectivity index (χ2v) is 3.84. The Kier molecular flexibility index (Phi) is 3.05. The highest BCUT2D eigenvalue weighted by atomic mass is 16.7. The summed E-state index contributed by atoms with van der Waals surface area (Å²) < 4.78 is 0. The van der Waals surface area contributed by atoms with Crippen molar-refractivity contribution in [2.75, 3.05) is 13.2 Å². The Labute approximate surface area is 93.0 Å². The van der Waals surface area contributed by atoms with Gasteiger partial charge in [0.2, 0.25) is 0 Å². The molecule has 1 aromatic heterocycles. The molecule has 0 aromatic carbocycles. The highest BCUT2D eigenvalue weighted by Crippen LogP contribution is 2.09. The molecule has 0 aliphatic carbocycles. The molecule has 1 aliphatic heterocycles. The zero-order chi connectivity index (χ0) is 11.5. The van der Waals surface area contributed by atoms with Crippen molar-refractivity contribution in [3.63, 3.8) is 0 Å². The fourth-order valence-electron chi connectivity index (χ4n) is 1.63. The molecule has 1 aromatic rings. The molecule has 1 N–H and O–H groups in total. The van der Waals surface area contributed by atoms with Crippen molar-refractivity contribution in [1.29, 1.82) is 0 Å². The molecule has 86 valence electrons. The molecule has 2 heterocycles. The van der Waals surface area contributed by atoms with Crippen LogP contribution in [0.1, 0.15) is 28.9 Å². The molecule has 0 unspecified atom stereocenters. The lowest BCUT2D eigenvalue weighted by molar-refractivity contribution is -0.144. The predicted octanol–water partition coefficient (Wildman–Crippen LogP) is 0.851. The van der Waals surface area contributed by atoms with Crippen LogP contribution in [0.2, 0.25) is 0 Å². The summed E-state index contributed by atoms with van der Waals surface area (Å²) in [5, 5.41) is 1.27. The number of aromatic amines is 1. The number of nitrogens with one attached hydrogen (secondary N) is 1. The van der Waals surface area contributed by atoms with Crippen LogP contribution in [0.25, 0.3) is 0 Å². The van der Waals surface area contributed by atoms with Gasteiger partial charge in [-0.3, -0.25) is 14.4 Å². The maximum atomic E-state index is 11.9. The predicted molar refractivity (Wildman–Crippen MR) is 58.0 cm³/mol. The Balaban J connectivity index is 2.23. The summed E-state index contributed by atoms with van der Waals surface area (Å²) in [5.74, 6) is -0.360. The summed E-state index contributed by atoms with van der Waals surface area (Å²) in [4.78, 5) is 31.6. The summed E-state index contributed by atoms with van der Waals surface area (Å²) in [6.45, 7) is 2.86. The fraction of sp³-hybridized carbons (Fsp3) is 0.455. The third-order valence-corrected chi connectivity index (χ3v) is 2.52. The van der Waals surface area contributed by atoms with Crippen molar-refractivity contribution in [3.8, 4) is 0 Å². The second kappa shape index (κ2) is 4.49. The zero-order valence-corrected chi connectivity index (χ0v) is 9.16. The minimum absolute atomic E-state index is 0.132. The molecule has 5 heteroatoms. The highest BCUT2D eigenvalue weighted by molar-refractivity contribution is 5.93. The minimum atomic E-state index is -0.360. The number of H-pyrrole nitrogens is 1. The number of hydrogen-bond donors (Lipinski definition) is 1. The van der Waals surface area contributed by atoms with Crippen molar-refractivity contribution >= 4 is 5.91 Å². The van der Waals surface area contributed by atoms with Crippen LogP contribution in [0.3, 0.4) is 0 Å². The third-order valence-electron chi connectivity index (χ3n) is 2.52. The molecule has 1 aliphatic rings. The average Bonchev–Trinajstić information content (AvgIpc) is 2.29. The summed E-state index contributed by atoms with van der Waals surface area (Å²) in [7, 11) is 0. The van der Waals surface area contributed by atoms with Gasteiger partial charge in [-0.2, -0.15) is 0 Å². The van der Waals surface area contributed by atoms with E-state index in [0.29, 0.717) is 13.2 Å². The number of carbonyl (C=O) groups is 1. The van der Waals surface area contributed by atoms with Crippen LogP contribution in [0.4, 0.5) is 0 Å². The summed E-state index contributed by atoms with van der Waals surface area (Å²) in [6.07, 6.45) is 3.31. The summed E-state index contributed by atoms with van der Waals surface area (Å²) in [5.41, 5.74) is 0.601. The van der Waals surface area contributed by atoms with E-state index in [-0.39, 0.29) is 16.9 Å². The monoisotopic (exact) mass is 222 g/mol. The SMILES string of the molecule is Cc1cc(=O)c(C(=O)N2CCCCO2)c[nH]1. The summed E-state index contributed by atoms with van der Waals surface area (Å²) >= 11 is 0. The molecule has 0 radical (unpaired) electrons. The number of nitrogens with zero attached hydrogens (tertiary/aromatic N) is 1. The van der Waals surface area contributed by atoms with Gasteiger partial charge < -0.3 is 4.98 Å². The average molecular weight is 222 g/mol. The van der Waals surface area contributed by atoms with Crippen LogP contribution in [0.15, 0.2) is 17.1 Å². The molecule has 0 atom stereocenters. The van der Waals surface area contributed by atoms with Gasteiger partial charge in [0, 0.05) is 24.5 Å². The molecular formula is C11H14N2O3. The topological polar surface area (TPSA) is 62.4 Å². The molecule has 16 heavy (non-hydrogen) atoms. The van der Waals surface area contributed by atoms with Crippen molar-refractivity contribution in [2.24, 2.45) is 0 Å². The first-order valence-electron chi connectivity index (χ1n) is 5.32. The van der Waals surface area contributed by atoms with Gasteiger partial charge >= 0.3 is 0 Å². The fourth-order valence-corrected chi connectivity index (χ4v) is 1.63. The van der Waals surface area contributed by atoms with Crippen LogP contribution in [0, 0.1) is 6.92 Å². The Morgan fingerprint density at radius 3 is 2.94 bits per heavy atom. The number of carbonyl (C=O) groups excluding carboxylic acids is 1. The van der Waals surface area contributed by atoms with E-state index < -0.39 is 0 Å². The van der Waals surface area contributed by atoms with E-state index in [0.717, 1.165) is 18.5 Å². The van der Waals surface area contributed by atoms with Crippen LogP contribution >= 0.6 is 0 Å². The van der Waals surface area contributed by atoms with E-state index in [2.05, 4.69) is 4.98 Å². The third kappa shape index (κ3) is 2.14. The molecule has 1 amide bonds. The molecule has 5 nitrogen and oxygen atoms in total. The van der Waals surface area contributed by atoms with E-state index in [1.807, 2.05) is 0 Å². The first kappa shape index (κ1) is 10.9. The highest BCUT2D eigenvalue weighted by Gasteiger charge is 2.21. The first-order chi connectivity index (χ1) is 7.68. The van der Waals surface area contributed by atoms with Gasteiger partial charge in [-0.05, 0) is 19.8 Å². The maximum absolute atomic E-state index is 11.9. The van der Waals surface area contributed by atoms with Crippen LogP contribution < -0.4 is 5.43 Å². The van der Waals surface area contributed by atoms with Gasteiger partial charge in [0.1, 0.15) is 5.56 Å². The van der Waals surface area contributed by atoms with Crippen LogP contribution in [-0.4, -0.2) is 29.1 Å². The van der Waals surface area contributed by atoms with Gasteiger partial charge in [-0.15, -0.1) is 0 Å². The number of hydrogen-bond acceptors (Lipinski definition) is 3. The van der Waals surface area contributed by atoms with Gasteiger partial charge in [0.15, 0.2) is 5.43 Å². The Morgan fingerprint density at radius 2 is 2.31 bits per heavy atom. The lowest BCUT2D eigenvalue weighted by Gasteiger charge is -2.25. The lowest BCUT2D eigenvalue weighted by atomic mass is 10.2. The number of rotatable bonds is 1. The zero-order valence-electron chi connectivity index (χ0n) is 9.16. The quantitative estimate of drug-likeness (QED) is 0.766. The van der Waals surface area contributed by atoms with E-state index in [1.54, 1.807) is 6.92 Å². The molecule has 2 rings (SSSR count). The number of aromatic nitrogens is 1. The minimum Gasteiger partial charge on any atom is -0.364 e. The Morgan fingerprint density at radius 1 is 1.50 bits per heavy atom. The largest absolute Gasteiger partial charge is 0.364 e. The maximum Gasteiger partial charge on any atom is 0.282 e. The normalized spacial score (nSPS) is 16.2. The van der Waals surface area contributed by atoms with Gasteiger partial charge in [0.25, 0.3) is 5.91 Å². The smallest absolute Gasteiger partial charge is 0.282 e. The van der Waals surface area contributed by atoms with Gasteiger partial charge in [-0.25, -0.2) is 5.06 Å². The van der Waals surface area contributed by atoms with E-state index >= 15 is 0 Å². The summed E-state index contributed by atoms with van der Waals surface area (Å²) in [6, 6.07) is 1.41. The van der Waals surface area contributed by atoms with Crippen molar-refractivity contribution in [2.45, 2.75) is 19.8 Å². The molecule has 0 saturated carbocycles. The molecular weight excluding hydrogens is 208 g/mol. The van der Waals surface area contributed by atoms with E-state index in [1.165, 1.54) is 17.3 Å². The molecule has 0 bridgehead atoms.